The number of imidazole rings is 1. The van der Waals surface area contributed by atoms with E-state index in [4.69, 9.17) is 0 Å². The first-order valence-corrected chi connectivity index (χ1v) is 9.45. The Labute approximate surface area is 153 Å². The lowest BCUT2D eigenvalue weighted by molar-refractivity contribution is 0.430. The molecular weight excluding hydrogens is 326 g/mol. The number of aliphatic imine (C=N–C) groups is 1. The average molecular weight is 351 g/mol. The second kappa shape index (κ2) is 7.32. The molecule has 1 aromatic heterocycles. The third-order valence-electron chi connectivity index (χ3n) is 5.23. The maximum atomic E-state index is 10.5. The predicted octanol–water partition coefficient (Wildman–Crippen LogP) is 2.77. The lowest BCUT2D eigenvalue weighted by Gasteiger charge is -2.21. The van der Waals surface area contributed by atoms with Gasteiger partial charge in [0.15, 0.2) is 0 Å². The van der Waals surface area contributed by atoms with Crippen LogP contribution in [0.25, 0.3) is 6.08 Å². The van der Waals surface area contributed by atoms with E-state index in [1.807, 2.05) is 31.3 Å². The van der Waals surface area contributed by atoms with Gasteiger partial charge in [-0.2, -0.15) is 0 Å². The van der Waals surface area contributed by atoms with Crippen LogP contribution in [0.1, 0.15) is 50.6 Å². The Morgan fingerprint density at radius 2 is 1.92 bits per heavy atom. The van der Waals surface area contributed by atoms with Crippen molar-refractivity contribution in [1.82, 2.24) is 9.55 Å². The second-order valence-corrected chi connectivity index (χ2v) is 7.16. The van der Waals surface area contributed by atoms with Crippen LogP contribution < -0.4 is 15.9 Å². The van der Waals surface area contributed by atoms with E-state index in [-0.39, 0.29) is 5.88 Å². The summed E-state index contributed by atoms with van der Waals surface area (Å²) in [6.45, 7) is 0. The van der Waals surface area contributed by atoms with E-state index < -0.39 is 0 Å². The Morgan fingerprint density at radius 1 is 1.15 bits per heavy atom. The smallest absolute Gasteiger partial charge is 0.220 e. The van der Waals surface area contributed by atoms with Crippen LogP contribution in [0.2, 0.25) is 0 Å². The summed E-state index contributed by atoms with van der Waals surface area (Å²) < 4.78 is 1.73. The molecule has 0 bridgehead atoms. The molecule has 1 aromatic carbocycles. The molecule has 136 valence electrons. The highest BCUT2D eigenvalue weighted by molar-refractivity contribution is 5.67. The zero-order chi connectivity index (χ0) is 17.9. The van der Waals surface area contributed by atoms with Crippen molar-refractivity contribution in [2.75, 3.05) is 5.32 Å². The van der Waals surface area contributed by atoms with Crippen LogP contribution in [0.4, 0.5) is 11.6 Å². The van der Waals surface area contributed by atoms with Gasteiger partial charge in [-0.25, -0.2) is 15.0 Å². The molecule has 0 radical (unpaired) electrons. The fourth-order valence-electron chi connectivity index (χ4n) is 3.67. The Kier molecular flexibility index (Phi) is 4.73. The Balaban J connectivity index is 1.58. The molecule has 2 aromatic rings. The lowest BCUT2D eigenvalue weighted by Crippen LogP contribution is -2.22. The molecule has 0 atom stereocenters. The molecule has 1 aliphatic carbocycles. The standard InChI is InChI=1S/C20H25N5O/c1-25-19(26)18(12-14-9-10-16-17(11-14)22-13-21-16)24-20(25)23-15-7-5-3-2-4-6-8-15/h9-13,15,26H,2-8H2,1H3,(H,23,24)/b14-12+. The van der Waals surface area contributed by atoms with Gasteiger partial charge >= 0.3 is 0 Å². The van der Waals surface area contributed by atoms with Crippen LogP contribution in [-0.2, 0) is 7.05 Å². The van der Waals surface area contributed by atoms with E-state index >= 15 is 0 Å². The van der Waals surface area contributed by atoms with Crippen molar-refractivity contribution >= 4 is 24.1 Å². The maximum Gasteiger partial charge on any atom is 0.220 e. The number of nitrogens with one attached hydrogen (secondary N) is 1. The van der Waals surface area contributed by atoms with Crippen molar-refractivity contribution in [2.45, 2.75) is 51.0 Å². The number of hydrogen-bond acceptors (Lipinski definition) is 5. The molecule has 1 fully saturated rings. The average Bonchev–Trinajstić information content (AvgIpc) is 3.17. The van der Waals surface area contributed by atoms with E-state index in [1.165, 1.54) is 44.9 Å². The van der Waals surface area contributed by atoms with Crippen molar-refractivity contribution in [3.63, 3.8) is 0 Å². The molecule has 2 N–H and O–H groups in total. The first kappa shape index (κ1) is 16.8. The molecule has 0 saturated heterocycles. The van der Waals surface area contributed by atoms with Gasteiger partial charge in [-0.1, -0.05) is 38.2 Å². The number of aromatic nitrogens is 2. The number of nitrogens with zero attached hydrogens (tertiary/aromatic N) is 4. The van der Waals surface area contributed by atoms with Gasteiger partial charge in [0.1, 0.15) is 12.0 Å². The van der Waals surface area contributed by atoms with E-state index in [2.05, 4.69) is 20.3 Å². The summed E-state index contributed by atoms with van der Waals surface area (Å²) in [5.74, 6) is 0.903. The number of anilines is 1. The first-order chi connectivity index (χ1) is 12.7. The van der Waals surface area contributed by atoms with Gasteiger partial charge in [-0.05, 0) is 36.3 Å². The van der Waals surface area contributed by atoms with Crippen LogP contribution in [0.5, 0.6) is 5.88 Å². The van der Waals surface area contributed by atoms with Gasteiger partial charge < -0.3 is 10.4 Å². The first-order valence-electron chi connectivity index (χ1n) is 9.45. The molecule has 26 heavy (non-hydrogen) atoms. The minimum absolute atomic E-state index is 0.173. The van der Waals surface area contributed by atoms with E-state index in [1.54, 1.807) is 10.9 Å². The number of benzene rings is 1. The second-order valence-electron chi connectivity index (χ2n) is 7.16. The molecule has 0 spiro atoms. The van der Waals surface area contributed by atoms with Crippen LogP contribution in [0.3, 0.4) is 0 Å². The van der Waals surface area contributed by atoms with E-state index in [0.717, 1.165) is 22.2 Å². The third kappa shape index (κ3) is 3.49. The van der Waals surface area contributed by atoms with Gasteiger partial charge in [0.05, 0.1) is 11.0 Å². The summed E-state index contributed by atoms with van der Waals surface area (Å²) in [6.07, 6.45) is 12.3. The highest BCUT2D eigenvalue weighted by atomic mass is 16.3. The molecule has 0 unspecified atom stereocenters. The monoisotopic (exact) mass is 351 g/mol. The molecular formula is C20H25N5O. The largest absolute Gasteiger partial charge is 0.493 e. The third-order valence-corrected chi connectivity index (χ3v) is 5.23. The molecule has 2 aliphatic rings. The molecule has 6 nitrogen and oxygen atoms in total. The molecule has 1 saturated carbocycles. The minimum Gasteiger partial charge on any atom is -0.493 e. The highest BCUT2D eigenvalue weighted by Crippen LogP contribution is 2.25. The molecule has 6 heteroatoms. The number of aromatic hydroxyl groups is 1. The van der Waals surface area contributed by atoms with Gasteiger partial charge in [-0.15, -0.1) is 0 Å². The Bertz CT molecular complexity index is 936. The molecule has 1 aliphatic heterocycles. The van der Waals surface area contributed by atoms with E-state index in [0.29, 0.717) is 11.7 Å². The van der Waals surface area contributed by atoms with Gasteiger partial charge in [0.25, 0.3) is 0 Å². The summed E-state index contributed by atoms with van der Waals surface area (Å²) in [5, 5.41) is 15.8. The SMILES string of the molecule is Cn1c(NC2CCCCCCC2)nc(/C=c2\ccc3c(c2)N=CN=3)c1O. The van der Waals surface area contributed by atoms with Crippen LogP contribution >= 0.6 is 0 Å². The molecule has 4 rings (SSSR count). The Hall–Kier alpha value is -2.63. The number of hydrogen-bond donors (Lipinski definition) is 2. The number of rotatable bonds is 3. The van der Waals surface area contributed by atoms with Gasteiger partial charge in [-0.3, -0.25) is 4.57 Å². The minimum atomic E-state index is 0.173. The topological polar surface area (TPSA) is 74.8 Å². The normalized spacial score (nSPS) is 18.3. The van der Waals surface area contributed by atoms with Crippen molar-refractivity contribution < 1.29 is 5.11 Å². The predicted molar refractivity (Wildman–Crippen MR) is 104 cm³/mol. The summed E-state index contributed by atoms with van der Waals surface area (Å²) in [5.41, 5.74) is 1.42. The molecule has 2 heterocycles. The van der Waals surface area contributed by atoms with Crippen molar-refractivity contribution in [3.05, 3.63) is 34.5 Å². The molecule has 0 amide bonds. The fraction of sp³-hybridized carbons (Fsp3) is 0.450. The summed E-state index contributed by atoms with van der Waals surface area (Å²) in [6, 6.07) is 6.28. The number of fused-ring (bicyclic) bond motifs is 1. The maximum absolute atomic E-state index is 10.5. The zero-order valence-corrected chi connectivity index (χ0v) is 15.1. The van der Waals surface area contributed by atoms with E-state index in [9.17, 15) is 5.11 Å². The van der Waals surface area contributed by atoms with Crippen LogP contribution in [-0.4, -0.2) is 27.0 Å². The summed E-state index contributed by atoms with van der Waals surface area (Å²) >= 11 is 0. The summed E-state index contributed by atoms with van der Waals surface area (Å²) in [4.78, 5) is 13.0. The van der Waals surface area contributed by atoms with Crippen LogP contribution in [0, 0.1) is 0 Å². The van der Waals surface area contributed by atoms with Crippen molar-refractivity contribution in [1.29, 1.82) is 0 Å². The highest BCUT2D eigenvalue weighted by Gasteiger charge is 2.17. The van der Waals surface area contributed by atoms with Crippen molar-refractivity contribution in [3.8, 4) is 5.88 Å². The van der Waals surface area contributed by atoms with Gasteiger partial charge in [0, 0.05) is 13.1 Å². The quantitative estimate of drug-likeness (QED) is 0.893. The fourth-order valence-corrected chi connectivity index (χ4v) is 3.67. The van der Waals surface area contributed by atoms with Crippen molar-refractivity contribution in [2.24, 2.45) is 17.0 Å². The summed E-state index contributed by atoms with van der Waals surface area (Å²) in [7, 11) is 1.84. The lowest BCUT2D eigenvalue weighted by atomic mass is 9.97. The Morgan fingerprint density at radius 3 is 2.73 bits per heavy atom. The zero-order valence-electron chi connectivity index (χ0n) is 15.1. The van der Waals surface area contributed by atoms with Crippen LogP contribution in [0.15, 0.2) is 28.2 Å². The van der Waals surface area contributed by atoms with Gasteiger partial charge in [0.2, 0.25) is 11.8 Å².